The van der Waals surface area contributed by atoms with Crippen LogP contribution in [-0.2, 0) is 10.2 Å². The van der Waals surface area contributed by atoms with E-state index in [9.17, 15) is 5.11 Å². The van der Waals surface area contributed by atoms with E-state index < -0.39 is 11.0 Å². The lowest BCUT2D eigenvalue weighted by Crippen LogP contribution is -2.52. The summed E-state index contributed by atoms with van der Waals surface area (Å²) in [4.78, 5) is 4.88. The Bertz CT molecular complexity index is 605. The van der Waals surface area contributed by atoms with Crippen LogP contribution in [0.25, 0.3) is 0 Å². The smallest absolute Gasteiger partial charge is 0.124 e. The summed E-state index contributed by atoms with van der Waals surface area (Å²) in [5, 5.41) is 9.58. The van der Waals surface area contributed by atoms with Crippen LogP contribution in [0.1, 0.15) is 31.4 Å². The van der Waals surface area contributed by atoms with Gasteiger partial charge in [0.15, 0.2) is 0 Å². The summed E-state index contributed by atoms with van der Waals surface area (Å²) in [5.74, 6) is 0.590. The lowest BCUT2D eigenvalue weighted by Gasteiger charge is -2.48. The van der Waals surface area contributed by atoms with Gasteiger partial charge in [0.1, 0.15) is 11.3 Å². The van der Waals surface area contributed by atoms with Crippen LogP contribution in [0.2, 0.25) is 0 Å². The third-order valence-corrected chi connectivity index (χ3v) is 4.81. The number of benzene rings is 1. The lowest BCUT2D eigenvalue weighted by molar-refractivity contribution is 0.141. The van der Waals surface area contributed by atoms with Gasteiger partial charge in [0.2, 0.25) is 0 Å². The molecule has 2 unspecified atom stereocenters. The van der Waals surface area contributed by atoms with Gasteiger partial charge in [-0.15, -0.1) is 0 Å². The number of ether oxygens (including phenoxy) is 1. The van der Waals surface area contributed by atoms with Crippen molar-refractivity contribution >= 4 is 5.71 Å². The van der Waals surface area contributed by atoms with Crippen LogP contribution in [0.4, 0.5) is 0 Å². The van der Waals surface area contributed by atoms with Crippen LogP contribution in [0, 0.1) is 0 Å². The fourth-order valence-electron chi connectivity index (χ4n) is 3.20. The van der Waals surface area contributed by atoms with Crippen LogP contribution in [-0.4, -0.2) is 30.1 Å². The average molecular weight is 285 g/mol. The van der Waals surface area contributed by atoms with Crippen LogP contribution in [0.5, 0.6) is 0 Å². The summed E-state index contributed by atoms with van der Waals surface area (Å²) in [6.07, 6.45) is 2.34. The number of nitrogens with zero attached hydrogens (tertiary/aromatic N) is 1. The predicted octanol–water partition coefficient (Wildman–Crippen LogP) is 3.23. The maximum Gasteiger partial charge on any atom is 0.124 e. The van der Waals surface area contributed by atoms with Gasteiger partial charge in [0.05, 0.1) is 12.8 Å². The molecule has 0 spiro atoms. The van der Waals surface area contributed by atoms with Crippen molar-refractivity contribution in [1.29, 1.82) is 0 Å². The predicted molar refractivity (Wildman–Crippen MR) is 86.8 cm³/mol. The minimum atomic E-state index is -0.650. The highest BCUT2D eigenvalue weighted by Gasteiger charge is 2.51. The van der Waals surface area contributed by atoms with Crippen molar-refractivity contribution in [3.8, 4) is 0 Å². The summed E-state index contributed by atoms with van der Waals surface area (Å²) in [5.41, 5.74) is 2.00. The van der Waals surface area contributed by atoms with Crippen molar-refractivity contribution in [2.45, 2.75) is 31.2 Å². The van der Waals surface area contributed by atoms with E-state index >= 15 is 0 Å². The molecule has 2 rings (SSSR count). The molecule has 0 fully saturated rings. The highest BCUT2D eigenvalue weighted by Crippen LogP contribution is 2.49. The maximum atomic E-state index is 9.58. The molecule has 0 saturated heterocycles. The molecule has 112 valence electrons. The monoisotopic (exact) mass is 285 g/mol. The minimum Gasteiger partial charge on any atom is -0.499 e. The van der Waals surface area contributed by atoms with E-state index in [0.717, 1.165) is 16.8 Å². The van der Waals surface area contributed by atoms with Crippen molar-refractivity contribution in [3.05, 3.63) is 60.4 Å². The molecule has 0 saturated carbocycles. The van der Waals surface area contributed by atoms with Gasteiger partial charge < -0.3 is 9.84 Å². The SMILES string of the molecule is C=CC1=NC(C)(C(=C)OC)C(C)(CCO)c2ccccc21. The molecule has 1 N–H and O–H groups in total. The van der Waals surface area contributed by atoms with Gasteiger partial charge in [-0.1, -0.05) is 44.3 Å². The number of hydrogen-bond acceptors (Lipinski definition) is 3. The first kappa shape index (κ1) is 15.5. The molecule has 1 aromatic rings. The highest BCUT2D eigenvalue weighted by atomic mass is 16.5. The fraction of sp³-hybridized carbons (Fsp3) is 0.389. The first-order valence-electron chi connectivity index (χ1n) is 7.11. The molecular weight excluding hydrogens is 262 g/mol. The fourth-order valence-corrected chi connectivity index (χ4v) is 3.20. The van der Waals surface area contributed by atoms with E-state index in [1.54, 1.807) is 13.2 Å². The molecule has 0 radical (unpaired) electrons. The van der Waals surface area contributed by atoms with E-state index in [-0.39, 0.29) is 6.61 Å². The zero-order valence-electron chi connectivity index (χ0n) is 13.0. The van der Waals surface area contributed by atoms with Gasteiger partial charge in [-0.3, -0.25) is 4.99 Å². The molecule has 1 aliphatic rings. The summed E-state index contributed by atoms with van der Waals surface area (Å²) in [7, 11) is 1.61. The number of aliphatic imine (C=N–C) groups is 1. The molecule has 1 aliphatic heterocycles. The summed E-state index contributed by atoms with van der Waals surface area (Å²) < 4.78 is 5.42. The molecular formula is C18H23NO2. The molecule has 0 bridgehead atoms. The number of hydrogen-bond donors (Lipinski definition) is 1. The molecule has 2 atom stereocenters. The molecule has 0 amide bonds. The largest absolute Gasteiger partial charge is 0.499 e. The van der Waals surface area contributed by atoms with Gasteiger partial charge in [-0.05, 0) is 25.0 Å². The second-order valence-electron chi connectivity index (χ2n) is 5.75. The van der Waals surface area contributed by atoms with E-state index in [1.807, 2.05) is 25.1 Å². The summed E-state index contributed by atoms with van der Waals surface area (Å²) >= 11 is 0. The normalized spacial score (nSPS) is 27.5. The average Bonchev–Trinajstić information content (AvgIpc) is 2.50. The summed E-state index contributed by atoms with van der Waals surface area (Å²) in [6.45, 7) is 12.1. The van der Waals surface area contributed by atoms with E-state index in [4.69, 9.17) is 9.73 Å². The molecule has 3 nitrogen and oxygen atoms in total. The molecule has 0 aliphatic carbocycles. The standard InChI is InChI=1S/C18H23NO2/c1-6-16-14-9-7-8-10-15(14)17(3,11-12-20)18(4,19-16)13(2)21-5/h6-10,20H,1-2,11-12H2,3-5H3. The Morgan fingerprint density at radius 2 is 2.05 bits per heavy atom. The van der Waals surface area contributed by atoms with Gasteiger partial charge >= 0.3 is 0 Å². The number of aliphatic hydroxyl groups is 1. The Hall–Kier alpha value is -1.87. The van der Waals surface area contributed by atoms with E-state index in [2.05, 4.69) is 26.1 Å². The number of rotatable bonds is 5. The van der Waals surface area contributed by atoms with Crippen molar-refractivity contribution in [2.24, 2.45) is 4.99 Å². The molecule has 21 heavy (non-hydrogen) atoms. The van der Waals surface area contributed by atoms with E-state index in [1.165, 1.54) is 0 Å². The van der Waals surface area contributed by atoms with Gasteiger partial charge in [-0.25, -0.2) is 0 Å². The third kappa shape index (κ3) is 2.12. The maximum absolute atomic E-state index is 9.58. The second-order valence-corrected chi connectivity index (χ2v) is 5.75. The summed E-state index contributed by atoms with van der Waals surface area (Å²) in [6, 6.07) is 8.13. The third-order valence-electron chi connectivity index (χ3n) is 4.81. The molecule has 3 heteroatoms. The van der Waals surface area contributed by atoms with E-state index in [0.29, 0.717) is 12.2 Å². The minimum absolute atomic E-state index is 0.0797. The van der Waals surface area contributed by atoms with Crippen molar-refractivity contribution < 1.29 is 9.84 Å². The first-order valence-corrected chi connectivity index (χ1v) is 7.11. The molecule has 1 heterocycles. The Kier molecular flexibility index (Phi) is 4.06. The quantitative estimate of drug-likeness (QED) is 0.844. The van der Waals surface area contributed by atoms with Gasteiger partial charge in [0.25, 0.3) is 0 Å². The van der Waals surface area contributed by atoms with Crippen molar-refractivity contribution in [3.63, 3.8) is 0 Å². The number of methoxy groups -OCH3 is 1. The first-order chi connectivity index (χ1) is 9.94. The number of allylic oxidation sites excluding steroid dienone is 1. The van der Waals surface area contributed by atoms with Crippen molar-refractivity contribution in [2.75, 3.05) is 13.7 Å². The number of aliphatic hydroxyl groups excluding tert-OH is 1. The Morgan fingerprint density at radius 3 is 2.62 bits per heavy atom. The van der Waals surface area contributed by atoms with Crippen LogP contribution in [0.3, 0.4) is 0 Å². The van der Waals surface area contributed by atoms with Gasteiger partial charge in [0, 0.05) is 17.6 Å². The van der Waals surface area contributed by atoms with Gasteiger partial charge in [-0.2, -0.15) is 0 Å². The Morgan fingerprint density at radius 1 is 1.38 bits per heavy atom. The zero-order chi connectivity index (χ0) is 15.7. The van der Waals surface area contributed by atoms with Crippen LogP contribution in [0.15, 0.2) is 54.3 Å². The van der Waals surface area contributed by atoms with Crippen molar-refractivity contribution in [1.82, 2.24) is 0 Å². The zero-order valence-corrected chi connectivity index (χ0v) is 13.0. The van der Waals surface area contributed by atoms with Crippen LogP contribution >= 0.6 is 0 Å². The topological polar surface area (TPSA) is 41.8 Å². The second kappa shape index (κ2) is 5.49. The molecule has 0 aromatic heterocycles. The Balaban J connectivity index is 2.77. The lowest BCUT2D eigenvalue weighted by atomic mass is 9.61. The van der Waals surface area contributed by atoms with Crippen LogP contribution < -0.4 is 0 Å². The number of fused-ring (bicyclic) bond motifs is 1. The Labute approximate surface area is 126 Å². The molecule has 1 aromatic carbocycles. The highest BCUT2D eigenvalue weighted by molar-refractivity contribution is 6.11.